The van der Waals surface area contributed by atoms with E-state index >= 15 is 0 Å². The molecule has 0 spiro atoms. The maximum Gasteiger partial charge on any atom is 0.248 e. The van der Waals surface area contributed by atoms with Gasteiger partial charge in [0.25, 0.3) is 0 Å². The smallest absolute Gasteiger partial charge is 0.248 e. The third kappa shape index (κ3) is 1.97. The molecular weight excluding hydrogens is 250 g/mol. The molecular formula is C16H13N3O. The van der Waals surface area contributed by atoms with E-state index in [4.69, 9.17) is 5.73 Å². The van der Waals surface area contributed by atoms with E-state index in [1.165, 1.54) is 0 Å². The van der Waals surface area contributed by atoms with Crippen LogP contribution in [0.25, 0.3) is 22.2 Å². The minimum absolute atomic E-state index is 0.320. The van der Waals surface area contributed by atoms with Gasteiger partial charge in [-0.2, -0.15) is 0 Å². The monoisotopic (exact) mass is 263 g/mol. The van der Waals surface area contributed by atoms with Crippen molar-refractivity contribution >= 4 is 22.4 Å². The maximum atomic E-state index is 11.2. The number of hydrogen-bond acceptors (Lipinski definition) is 2. The van der Waals surface area contributed by atoms with Gasteiger partial charge in [-0.05, 0) is 35.9 Å². The fourth-order valence-corrected chi connectivity index (χ4v) is 2.19. The molecule has 1 amide bonds. The van der Waals surface area contributed by atoms with E-state index in [0.717, 1.165) is 22.2 Å². The average Bonchev–Trinajstić information content (AvgIpc) is 2.90. The first kappa shape index (κ1) is 12.2. The molecule has 2 N–H and O–H groups in total. The number of fused-ring (bicyclic) bond motifs is 1. The van der Waals surface area contributed by atoms with Gasteiger partial charge in [0.05, 0.1) is 17.4 Å². The van der Waals surface area contributed by atoms with Crippen molar-refractivity contribution in [3.8, 4) is 5.69 Å². The molecule has 98 valence electrons. The first-order valence-corrected chi connectivity index (χ1v) is 6.17. The fourth-order valence-electron chi connectivity index (χ4n) is 2.19. The number of amides is 1. The third-order valence-electron chi connectivity index (χ3n) is 3.26. The van der Waals surface area contributed by atoms with E-state index in [0.29, 0.717) is 5.57 Å². The third-order valence-corrected chi connectivity index (χ3v) is 3.26. The normalized spacial score (nSPS) is 10.6. The summed E-state index contributed by atoms with van der Waals surface area (Å²) in [7, 11) is 0. The molecule has 4 heteroatoms. The topological polar surface area (TPSA) is 60.9 Å². The van der Waals surface area contributed by atoms with Crippen molar-refractivity contribution in [2.75, 3.05) is 0 Å². The molecule has 0 atom stereocenters. The molecule has 0 aliphatic rings. The summed E-state index contributed by atoms with van der Waals surface area (Å²) in [6.45, 7) is 3.70. The lowest BCUT2D eigenvalue weighted by Crippen LogP contribution is -2.11. The molecule has 20 heavy (non-hydrogen) atoms. The second-order valence-corrected chi connectivity index (χ2v) is 4.51. The van der Waals surface area contributed by atoms with E-state index in [1.54, 1.807) is 12.4 Å². The van der Waals surface area contributed by atoms with E-state index in [2.05, 4.69) is 11.6 Å². The van der Waals surface area contributed by atoms with Crippen LogP contribution in [-0.2, 0) is 4.79 Å². The van der Waals surface area contributed by atoms with E-state index in [1.807, 2.05) is 47.2 Å². The quantitative estimate of drug-likeness (QED) is 0.738. The Kier molecular flexibility index (Phi) is 2.84. The van der Waals surface area contributed by atoms with Gasteiger partial charge in [-0.25, -0.2) is 0 Å². The predicted molar refractivity (Wildman–Crippen MR) is 79.3 cm³/mol. The Morgan fingerprint density at radius 1 is 1.25 bits per heavy atom. The van der Waals surface area contributed by atoms with Crippen LogP contribution in [0.3, 0.4) is 0 Å². The molecule has 0 bridgehead atoms. The molecule has 4 nitrogen and oxygen atoms in total. The van der Waals surface area contributed by atoms with Gasteiger partial charge in [-0.3, -0.25) is 9.78 Å². The van der Waals surface area contributed by atoms with Gasteiger partial charge in [-0.1, -0.05) is 12.6 Å². The predicted octanol–water partition coefficient (Wildman–Crippen LogP) is 2.52. The highest BCUT2D eigenvalue weighted by Gasteiger charge is 2.08. The molecule has 2 aromatic heterocycles. The molecule has 2 heterocycles. The summed E-state index contributed by atoms with van der Waals surface area (Å²) in [5.41, 5.74) is 8.35. The Hall–Kier alpha value is -2.88. The summed E-state index contributed by atoms with van der Waals surface area (Å²) >= 11 is 0. The lowest BCUT2D eigenvalue weighted by atomic mass is 10.1. The maximum absolute atomic E-state index is 11.2. The summed E-state index contributed by atoms with van der Waals surface area (Å²) in [5, 5.41) is 1.02. The molecule has 0 unspecified atom stereocenters. The molecule has 3 rings (SSSR count). The van der Waals surface area contributed by atoms with Gasteiger partial charge in [0.2, 0.25) is 5.91 Å². The van der Waals surface area contributed by atoms with Crippen LogP contribution in [-0.4, -0.2) is 15.5 Å². The molecule has 0 aliphatic carbocycles. The number of aromatic nitrogens is 2. The van der Waals surface area contributed by atoms with Crippen LogP contribution < -0.4 is 5.73 Å². The highest BCUT2D eigenvalue weighted by Crippen LogP contribution is 2.23. The molecule has 1 aromatic carbocycles. The zero-order valence-electron chi connectivity index (χ0n) is 10.8. The summed E-state index contributed by atoms with van der Waals surface area (Å²) < 4.78 is 2.04. The number of carbonyl (C=O) groups excluding carboxylic acids is 1. The average molecular weight is 263 g/mol. The second-order valence-electron chi connectivity index (χ2n) is 4.51. The fraction of sp³-hybridized carbons (Fsp3) is 0. The van der Waals surface area contributed by atoms with Gasteiger partial charge in [0, 0.05) is 23.4 Å². The lowest BCUT2D eigenvalue weighted by Gasteiger charge is -2.06. The number of rotatable bonds is 3. The number of pyridine rings is 1. The Morgan fingerprint density at radius 3 is 2.80 bits per heavy atom. The lowest BCUT2D eigenvalue weighted by molar-refractivity contribution is -0.112. The SMILES string of the molecule is C=C(C(N)=O)c1ccc2c(ccn2-c2cccnc2)c1. The van der Waals surface area contributed by atoms with Crippen LogP contribution in [0.5, 0.6) is 0 Å². The molecule has 3 aromatic rings. The number of primary amides is 1. The highest BCUT2D eigenvalue weighted by atomic mass is 16.1. The standard InChI is InChI=1S/C16H13N3O/c1-11(16(17)20)12-4-5-15-13(9-12)6-8-19(15)14-3-2-7-18-10-14/h2-10H,1H2,(H2,17,20). The van der Waals surface area contributed by atoms with Crippen LogP contribution in [0.15, 0.2) is 61.6 Å². The van der Waals surface area contributed by atoms with Crippen molar-refractivity contribution in [3.63, 3.8) is 0 Å². The van der Waals surface area contributed by atoms with Crippen molar-refractivity contribution in [2.24, 2.45) is 5.73 Å². The van der Waals surface area contributed by atoms with Crippen molar-refractivity contribution < 1.29 is 4.79 Å². The van der Waals surface area contributed by atoms with Crippen molar-refractivity contribution in [2.45, 2.75) is 0 Å². The van der Waals surface area contributed by atoms with Crippen molar-refractivity contribution in [1.29, 1.82) is 0 Å². The molecule has 0 saturated carbocycles. The van der Waals surface area contributed by atoms with Crippen LogP contribution in [0, 0.1) is 0 Å². The summed E-state index contributed by atoms with van der Waals surface area (Å²) in [4.78, 5) is 15.3. The first-order chi connectivity index (χ1) is 9.66. The number of hydrogen-bond donors (Lipinski definition) is 1. The van der Waals surface area contributed by atoms with Gasteiger partial charge in [0.1, 0.15) is 0 Å². The van der Waals surface area contributed by atoms with Gasteiger partial charge >= 0.3 is 0 Å². The Labute approximate surface area is 116 Å². The zero-order chi connectivity index (χ0) is 14.1. The van der Waals surface area contributed by atoms with E-state index in [-0.39, 0.29) is 0 Å². The summed E-state index contributed by atoms with van der Waals surface area (Å²) in [6.07, 6.45) is 5.51. The number of benzene rings is 1. The first-order valence-electron chi connectivity index (χ1n) is 6.17. The zero-order valence-corrected chi connectivity index (χ0v) is 10.8. The van der Waals surface area contributed by atoms with Crippen LogP contribution in [0.4, 0.5) is 0 Å². The van der Waals surface area contributed by atoms with E-state index < -0.39 is 5.91 Å². The molecule has 0 radical (unpaired) electrons. The Morgan fingerprint density at radius 2 is 2.10 bits per heavy atom. The largest absolute Gasteiger partial charge is 0.366 e. The van der Waals surface area contributed by atoms with Crippen LogP contribution >= 0.6 is 0 Å². The van der Waals surface area contributed by atoms with Crippen molar-refractivity contribution in [3.05, 3.63) is 67.1 Å². The van der Waals surface area contributed by atoms with Gasteiger partial charge in [0.15, 0.2) is 0 Å². The number of nitrogens with zero attached hydrogens (tertiary/aromatic N) is 2. The molecule has 0 fully saturated rings. The van der Waals surface area contributed by atoms with Gasteiger partial charge < -0.3 is 10.3 Å². The van der Waals surface area contributed by atoms with Gasteiger partial charge in [-0.15, -0.1) is 0 Å². The summed E-state index contributed by atoms with van der Waals surface area (Å²) in [5.74, 6) is -0.504. The molecule has 0 aliphatic heterocycles. The number of carbonyl (C=O) groups is 1. The van der Waals surface area contributed by atoms with Crippen LogP contribution in [0.1, 0.15) is 5.56 Å². The highest BCUT2D eigenvalue weighted by molar-refractivity contribution is 6.18. The van der Waals surface area contributed by atoms with Crippen molar-refractivity contribution in [1.82, 2.24) is 9.55 Å². The molecule has 0 saturated heterocycles. The Bertz CT molecular complexity index is 803. The second kappa shape index (κ2) is 4.66. The number of nitrogens with two attached hydrogens (primary N) is 1. The minimum Gasteiger partial charge on any atom is -0.366 e. The summed E-state index contributed by atoms with van der Waals surface area (Å²) in [6, 6.07) is 11.6. The Balaban J connectivity index is 2.12. The minimum atomic E-state index is -0.504. The van der Waals surface area contributed by atoms with Crippen LogP contribution in [0.2, 0.25) is 0 Å². The van der Waals surface area contributed by atoms with E-state index in [9.17, 15) is 4.79 Å².